The zero-order valence-electron chi connectivity index (χ0n) is 13.5. The number of halogens is 1. The van der Waals surface area contributed by atoms with Gasteiger partial charge in [0.1, 0.15) is 5.82 Å². The van der Waals surface area contributed by atoms with Gasteiger partial charge in [-0.2, -0.15) is 0 Å². The monoisotopic (exact) mass is 321 g/mol. The van der Waals surface area contributed by atoms with Crippen molar-refractivity contribution < 1.29 is 19.1 Å². The van der Waals surface area contributed by atoms with Crippen molar-refractivity contribution >= 4 is 17.6 Å². The van der Waals surface area contributed by atoms with E-state index in [0.717, 1.165) is 0 Å². The highest BCUT2D eigenvalue weighted by atomic mass is 19.1. The molecule has 0 aliphatic carbocycles. The molecule has 5 nitrogen and oxygen atoms in total. The van der Waals surface area contributed by atoms with E-state index in [4.69, 9.17) is 0 Å². The first kappa shape index (κ1) is 17.2. The van der Waals surface area contributed by atoms with Gasteiger partial charge in [0.25, 0.3) is 0 Å². The molecule has 1 aliphatic rings. The summed E-state index contributed by atoms with van der Waals surface area (Å²) in [4.78, 5) is 26.7. The molecule has 0 atom stereocenters. The molecule has 126 valence electrons. The van der Waals surface area contributed by atoms with Gasteiger partial charge in [0.2, 0.25) is 5.91 Å². The maximum absolute atomic E-state index is 13.8. The van der Waals surface area contributed by atoms with Gasteiger partial charge >= 0.3 is 0 Å². The first-order valence-corrected chi connectivity index (χ1v) is 7.76. The van der Waals surface area contributed by atoms with Crippen LogP contribution >= 0.6 is 0 Å². The zero-order chi connectivity index (χ0) is 17.0. The highest BCUT2D eigenvalue weighted by molar-refractivity contribution is 5.78. The number of carboxylic acids is 1. The van der Waals surface area contributed by atoms with Crippen molar-refractivity contribution in [3.8, 4) is 0 Å². The fraction of sp³-hybridized carbons (Fsp3) is 0.529. The lowest BCUT2D eigenvalue weighted by Crippen LogP contribution is -2.49. The van der Waals surface area contributed by atoms with E-state index in [2.05, 4.69) is 0 Å². The molecule has 0 spiro atoms. The molecule has 23 heavy (non-hydrogen) atoms. The fourth-order valence-electron chi connectivity index (χ4n) is 2.88. The topological polar surface area (TPSA) is 63.7 Å². The second kappa shape index (κ2) is 6.98. The third kappa shape index (κ3) is 4.68. The van der Waals surface area contributed by atoms with Gasteiger partial charge in [-0.3, -0.25) is 4.79 Å². The third-order valence-electron chi connectivity index (χ3n) is 4.08. The molecular formula is C17H22FN2O3-. The van der Waals surface area contributed by atoms with Crippen molar-refractivity contribution in [1.82, 2.24) is 4.90 Å². The van der Waals surface area contributed by atoms with Crippen LogP contribution in [-0.2, 0) is 9.59 Å². The maximum atomic E-state index is 13.8. The van der Waals surface area contributed by atoms with E-state index in [1.54, 1.807) is 36.9 Å². The summed E-state index contributed by atoms with van der Waals surface area (Å²) < 4.78 is 13.8. The number of carbonyl (C=O) groups is 2. The molecule has 0 N–H and O–H groups in total. The van der Waals surface area contributed by atoms with Crippen molar-refractivity contribution in [3.05, 3.63) is 30.1 Å². The van der Waals surface area contributed by atoms with Crippen molar-refractivity contribution in [2.24, 2.45) is 5.41 Å². The number of carbonyl (C=O) groups excluding carboxylic acids is 2. The minimum absolute atomic E-state index is 0.0653. The highest BCUT2D eigenvalue weighted by Crippen LogP contribution is 2.26. The van der Waals surface area contributed by atoms with E-state index < -0.39 is 11.4 Å². The van der Waals surface area contributed by atoms with E-state index in [-0.39, 0.29) is 24.6 Å². The average molecular weight is 321 g/mol. The van der Waals surface area contributed by atoms with Crippen molar-refractivity contribution in [3.63, 3.8) is 0 Å². The lowest BCUT2D eigenvalue weighted by molar-refractivity contribution is -0.307. The summed E-state index contributed by atoms with van der Waals surface area (Å²) in [6.45, 7) is 5.64. The van der Waals surface area contributed by atoms with E-state index in [1.165, 1.54) is 6.07 Å². The molecule has 0 unspecified atom stereocenters. The Morgan fingerprint density at radius 1 is 1.13 bits per heavy atom. The molecule has 1 amide bonds. The molecule has 6 heteroatoms. The maximum Gasteiger partial charge on any atom is 0.223 e. The zero-order valence-corrected chi connectivity index (χ0v) is 13.5. The Kier molecular flexibility index (Phi) is 5.23. The number of nitrogens with zero attached hydrogens (tertiary/aromatic N) is 2. The van der Waals surface area contributed by atoms with Crippen LogP contribution in [0.1, 0.15) is 26.7 Å². The molecule has 1 fully saturated rings. The number of hydrogen-bond donors (Lipinski definition) is 0. The van der Waals surface area contributed by atoms with E-state index in [9.17, 15) is 19.1 Å². The summed E-state index contributed by atoms with van der Waals surface area (Å²) in [5.74, 6) is -1.47. The number of piperazine rings is 1. The average Bonchev–Trinajstić information content (AvgIpc) is 2.46. The number of aliphatic carboxylic acids is 1. The Labute approximate surface area is 135 Å². The van der Waals surface area contributed by atoms with Gasteiger partial charge in [0, 0.05) is 38.6 Å². The highest BCUT2D eigenvalue weighted by Gasteiger charge is 2.28. The molecule has 1 heterocycles. The van der Waals surface area contributed by atoms with Gasteiger partial charge in [-0.05, 0) is 24.0 Å². The van der Waals surface area contributed by atoms with Crippen LogP contribution in [0, 0.1) is 11.2 Å². The van der Waals surface area contributed by atoms with Gasteiger partial charge in [0.15, 0.2) is 0 Å². The number of amides is 1. The standard InChI is InChI=1S/C17H23FN2O3/c1-17(2,12-16(22)23)11-15(21)20-9-7-19(8-10-20)14-6-4-3-5-13(14)18/h3-6H,7-12H2,1-2H3,(H,22,23)/p-1. The van der Waals surface area contributed by atoms with Crippen molar-refractivity contribution in [2.45, 2.75) is 26.7 Å². The second-order valence-electron chi connectivity index (χ2n) is 6.71. The molecule has 1 aromatic carbocycles. The van der Waals surface area contributed by atoms with E-state index in [1.807, 2.05) is 4.90 Å². The summed E-state index contributed by atoms with van der Waals surface area (Å²) in [5.41, 5.74) is -0.0737. The van der Waals surface area contributed by atoms with Crippen LogP contribution in [0.25, 0.3) is 0 Å². The number of hydrogen-bond acceptors (Lipinski definition) is 4. The lowest BCUT2D eigenvalue weighted by atomic mass is 9.85. The Bertz CT molecular complexity index is 581. The molecule has 1 saturated heterocycles. The number of benzene rings is 1. The lowest BCUT2D eigenvalue weighted by Gasteiger charge is -2.37. The van der Waals surface area contributed by atoms with Crippen LogP contribution < -0.4 is 10.0 Å². The van der Waals surface area contributed by atoms with Crippen LogP contribution in [-0.4, -0.2) is 43.0 Å². The van der Waals surface area contributed by atoms with E-state index in [0.29, 0.717) is 31.9 Å². The predicted molar refractivity (Wildman–Crippen MR) is 83.2 cm³/mol. The summed E-state index contributed by atoms with van der Waals surface area (Å²) >= 11 is 0. The molecule has 0 saturated carbocycles. The van der Waals surface area contributed by atoms with Crippen LogP contribution in [0.4, 0.5) is 10.1 Å². The number of anilines is 1. The minimum atomic E-state index is -1.15. The summed E-state index contributed by atoms with van der Waals surface area (Å²) in [5, 5.41) is 10.7. The van der Waals surface area contributed by atoms with Crippen LogP contribution in [0.5, 0.6) is 0 Å². The molecule has 0 bridgehead atoms. The van der Waals surface area contributed by atoms with Gasteiger partial charge < -0.3 is 19.7 Å². The summed E-state index contributed by atoms with van der Waals surface area (Å²) in [6, 6.07) is 6.60. The van der Waals surface area contributed by atoms with Gasteiger partial charge in [-0.25, -0.2) is 4.39 Å². The van der Waals surface area contributed by atoms with Gasteiger partial charge in [-0.15, -0.1) is 0 Å². The predicted octanol–water partition coefficient (Wildman–Crippen LogP) is 1.03. The Hall–Kier alpha value is -2.11. The quantitative estimate of drug-likeness (QED) is 0.812. The second-order valence-corrected chi connectivity index (χ2v) is 6.71. The summed E-state index contributed by atoms with van der Waals surface area (Å²) in [7, 11) is 0. The first-order chi connectivity index (χ1) is 10.8. The Morgan fingerprint density at radius 2 is 1.74 bits per heavy atom. The van der Waals surface area contributed by atoms with Gasteiger partial charge in [-0.1, -0.05) is 26.0 Å². The Balaban J connectivity index is 1.90. The molecule has 1 aromatic rings. The number of carboxylic acid groups (broad SMARTS) is 1. The van der Waals surface area contributed by atoms with Gasteiger partial charge in [0.05, 0.1) is 5.69 Å². The van der Waals surface area contributed by atoms with Crippen molar-refractivity contribution in [2.75, 3.05) is 31.1 Å². The largest absolute Gasteiger partial charge is 0.550 e. The SMILES string of the molecule is CC(C)(CC(=O)[O-])CC(=O)N1CCN(c2ccccc2F)CC1. The van der Waals surface area contributed by atoms with E-state index >= 15 is 0 Å². The molecular weight excluding hydrogens is 299 g/mol. The third-order valence-corrected chi connectivity index (χ3v) is 4.08. The Morgan fingerprint density at radius 3 is 2.30 bits per heavy atom. The first-order valence-electron chi connectivity index (χ1n) is 7.76. The van der Waals surface area contributed by atoms with Crippen LogP contribution in [0.3, 0.4) is 0 Å². The van der Waals surface area contributed by atoms with Crippen LogP contribution in [0.15, 0.2) is 24.3 Å². The normalized spacial score (nSPS) is 15.6. The number of rotatable bonds is 5. The molecule has 2 rings (SSSR count). The minimum Gasteiger partial charge on any atom is -0.550 e. The van der Waals surface area contributed by atoms with Crippen molar-refractivity contribution in [1.29, 1.82) is 0 Å². The fourth-order valence-corrected chi connectivity index (χ4v) is 2.88. The summed E-state index contributed by atoms with van der Waals surface area (Å²) in [6.07, 6.45) is 0.0224. The molecule has 0 radical (unpaired) electrons. The smallest absolute Gasteiger partial charge is 0.223 e. The van der Waals surface area contributed by atoms with Crippen LogP contribution in [0.2, 0.25) is 0 Å². The molecule has 0 aromatic heterocycles. The number of para-hydroxylation sites is 1. The molecule has 1 aliphatic heterocycles.